The number of rotatable bonds is 7. The van der Waals surface area contributed by atoms with Gasteiger partial charge in [-0.15, -0.1) is 0 Å². The maximum absolute atomic E-state index is 12.6. The first-order valence-electron chi connectivity index (χ1n) is 10.3. The Labute approximate surface area is 229 Å². The molecule has 1 fully saturated rings. The average Bonchev–Trinajstić information content (AvgIpc) is 3.14. The Morgan fingerprint density at radius 1 is 1.21 bits per heavy atom. The van der Waals surface area contributed by atoms with Crippen LogP contribution in [-0.4, -0.2) is 18.5 Å². The van der Waals surface area contributed by atoms with Crippen molar-refractivity contribution in [2.24, 2.45) is 0 Å². The van der Waals surface area contributed by atoms with E-state index in [2.05, 4.69) is 49.2 Å². The van der Waals surface area contributed by atoms with Crippen LogP contribution < -0.4 is 20.1 Å². The van der Waals surface area contributed by atoms with Crippen LogP contribution in [0.4, 0.5) is 5.69 Å². The largest absolute Gasteiger partial charge is 0.493 e. The molecule has 3 aromatic carbocycles. The molecule has 3 aromatic rings. The van der Waals surface area contributed by atoms with E-state index >= 15 is 0 Å². The van der Waals surface area contributed by atoms with Crippen LogP contribution in [0.3, 0.4) is 0 Å². The molecule has 34 heavy (non-hydrogen) atoms. The minimum absolute atomic E-state index is 0.133. The Hall–Kier alpha value is -1.88. The van der Waals surface area contributed by atoms with E-state index in [1.165, 1.54) is 11.8 Å². The molecule has 1 aliphatic heterocycles. The van der Waals surface area contributed by atoms with Gasteiger partial charge in [0.25, 0.3) is 5.91 Å². The Kier molecular flexibility index (Phi) is 8.34. The number of anilines is 1. The van der Waals surface area contributed by atoms with Gasteiger partial charge in [0, 0.05) is 15.2 Å². The van der Waals surface area contributed by atoms with E-state index < -0.39 is 0 Å². The quantitative estimate of drug-likeness (QED) is 0.206. The van der Waals surface area contributed by atoms with Gasteiger partial charge in [-0.1, -0.05) is 57.5 Å². The number of carbonyl (C=O) groups excluding carboxylic acids is 1. The molecule has 9 heteroatoms. The standard InChI is InChI=1S/C25H21BrClIN2O3S/c1-14-3-8-18(27)12-20(14)29-25-30-24(31)22(34-25)11-16-9-19(28)23(21(10-16)32-2)33-13-15-4-6-17(26)7-5-15/h3-12,25,29H,13H2,1-2H3,(H,30,31)/b22-11-. The molecule has 1 unspecified atom stereocenters. The van der Waals surface area contributed by atoms with E-state index in [9.17, 15) is 4.79 Å². The van der Waals surface area contributed by atoms with Gasteiger partial charge in [0.15, 0.2) is 17.0 Å². The predicted molar refractivity (Wildman–Crippen MR) is 151 cm³/mol. The van der Waals surface area contributed by atoms with Gasteiger partial charge in [-0.2, -0.15) is 0 Å². The smallest absolute Gasteiger partial charge is 0.260 e. The summed E-state index contributed by atoms with van der Waals surface area (Å²) >= 11 is 13.2. The van der Waals surface area contributed by atoms with E-state index in [0.717, 1.165) is 30.4 Å². The second-order valence-electron chi connectivity index (χ2n) is 7.53. The number of thioether (sulfide) groups is 1. The van der Waals surface area contributed by atoms with Crippen LogP contribution >= 0.6 is 61.9 Å². The summed E-state index contributed by atoms with van der Waals surface area (Å²) in [5, 5.41) is 6.93. The minimum Gasteiger partial charge on any atom is -0.493 e. The minimum atomic E-state index is -0.287. The Morgan fingerprint density at radius 3 is 2.71 bits per heavy atom. The van der Waals surface area contributed by atoms with Crippen LogP contribution in [0.2, 0.25) is 5.02 Å². The number of carbonyl (C=O) groups is 1. The van der Waals surface area contributed by atoms with Crippen molar-refractivity contribution >= 4 is 79.6 Å². The van der Waals surface area contributed by atoms with E-state index in [-0.39, 0.29) is 11.4 Å². The first-order chi connectivity index (χ1) is 16.3. The molecular weight excluding hydrogens is 651 g/mol. The molecule has 4 rings (SSSR count). The topological polar surface area (TPSA) is 59.6 Å². The molecular formula is C25H21BrClIN2O3S. The lowest BCUT2D eigenvalue weighted by Gasteiger charge is -2.15. The van der Waals surface area contributed by atoms with Crippen molar-refractivity contribution < 1.29 is 14.3 Å². The first-order valence-corrected chi connectivity index (χ1v) is 13.4. The fraction of sp³-hybridized carbons (Fsp3) is 0.160. The van der Waals surface area contributed by atoms with Crippen molar-refractivity contribution in [3.05, 3.63) is 89.3 Å². The molecule has 2 N–H and O–H groups in total. The number of benzene rings is 3. The highest BCUT2D eigenvalue weighted by atomic mass is 127. The van der Waals surface area contributed by atoms with Crippen molar-refractivity contribution in [1.29, 1.82) is 0 Å². The van der Waals surface area contributed by atoms with E-state index in [1.54, 1.807) is 7.11 Å². The van der Waals surface area contributed by atoms with E-state index in [4.69, 9.17) is 21.1 Å². The number of hydrogen-bond acceptors (Lipinski definition) is 5. The van der Waals surface area contributed by atoms with Crippen LogP contribution in [0.15, 0.2) is 64.0 Å². The molecule has 0 aromatic heterocycles. The second-order valence-corrected chi connectivity index (χ2v) is 11.2. The number of nitrogens with one attached hydrogen (secondary N) is 2. The molecule has 0 radical (unpaired) electrons. The maximum atomic E-state index is 12.6. The van der Waals surface area contributed by atoms with Crippen LogP contribution in [0.25, 0.3) is 6.08 Å². The van der Waals surface area contributed by atoms with Gasteiger partial charge in [0.2, 0.25) is 0 Å². The first kappa shape index (κ1) is 25.2. The van der Waals surface area contributed by atoms with Crippen LogP contribution in [0.5, 0.6) is 11.5 Å². The molecule has 5 nitrogen and oxygen atoms in total. The summed E-state index contributed by atoms with van der Waals surface area (Å²) in [6, 6.07) is 17.5. The van der Waals surface area contributed by atoms with Crippen LogP contribution in [-0.2, 0) is 11.4 Å². The predicted octanol–water partition coefficient (Wildman–Crippen LogP) is 7.20. The highest BCUT2D eigenvalue weighted by Crippen LogP contribution is 2.37. The van der Waals surface area contributed by atoms with Gasteiger partial charge in [0.05, 0.1) is 15.6 Å². The molecule has 1 amide bonds. The molecule has 1 saturated heterocycles. The molecule has 1 heterocycles. The Balaban J connectivity index is 1.49. The summed E-state index contributed by atoms with van der Waals surface area (Å²) in [5.41, 5.74) is 3.56. The lowest BCUT2D eigenvalue weighted by atomic mass is 10.2. The number of amides is 1. The van der Waals surface area contributed by atoms with Crippen molar-refractivity contribution in [2.75, 3.05) is 12.4 Å². The lowest BCUT2D eigenvalue weighted by molar-refractivity contribution is -0.116. The van der Waals surface area contributed by atoms with Gasteiger partial charge in [-0.05, 0) is 88.7 Å². The fourth-order valence-corrected chi connectivity index (χ4v) is 5.50. The Morgan fingerprint density at radius 2 is 1.97 bits per heavy atom. The molecule has 0 saturated carbocycles. The zero-order valence-electron chi connectivity index (χ0n) is 18.3. The molecule has 0 bridgehead atoms. The zero-order valence-corrected chi connectivity index (χ0v) is 23.6. The van der Waals surface area contributed by atoms with E-state index in [0.29, 0.717) is 28.0 Å². The summed E-state index contributed by atoms with van der Waals surface area (Å²) < 4.78 is 13.6. The van der Waals surface area contributed by atoms with Crippen LogP contribution in [0, 0.1) is 10.5 Å². The molecule has 1 atom stereocenters. The lowest BCUT2D eigenvalue weighted by Crippen LogP contribution is -2.31. The molecule has 0 spiro atoms. The molecule has 1 aliphatic rings. The van der Waals surface area contributed by atoms with Crippen LogP contribution in [0.1, 0.15) is 16.7 Å². The van der Waals surface area contributed by atoms with Crippen molar-refractivity contribution in [3.63, 3.8) is 0 Å². The molecule has 0 aliphatic carbocycles. The zero-order chi connectivity index (χ0) is 24.2. The van der Waals surface area contributed by atoms with Crippen molar-refractivity contribution in [1.82, 2.24) is 5.32 Å². The summed E-state index contributed by atoms with van der Waals surface area (Å²) in [6.45, 7) is 2.42. The van der Waals surface area contributed by atoms with Gasteiger partial charge >= 0.3 is 0 Å². The van der Waals surface area contributed by atoms with Crippen molar-refractivity contribution in [3.8, 4) is 11.5 Å². The number of hydrogen-bond donors (Lipinski definition) is 2. The summed E-state index contributed by atoms with van der Waals surface area (Å²) in [4.78, 5) is 13.2. The van der Waals surface area contributed by atoms with Gasteiger partial charge in [-0.3, -0.25) is 4.79 Å². The van der Waals surface area contributed by atoms with Gasteiger partial charge < -0.3 is 20.1 Å². The van der Waals surface area contributed by atoms with Gasteiger partial charge in [-0.25, -0.2) is 0 Å². The summed E-state index contributed by atoms with van der Waals surface area (Å²) in [5.74, 6) is 1.16. The monoisotopic (exact) mass is 670 g/mol. The number of halogens is 3. The highest BCUT2D eigenvalue weighted by molar-refractivity contribution is 14.1. The molecule has 176 valence electrons. The van der Waals surface area contributed by atoms with Crippen molar-refractivity contribution in [2.45, 2.75) is 19.0 Å². The average molecular weight is 672 g/mol. The number of methoxy groups -OCH3 is 1. The summed E-state index contributed by atoms with van der Waals surface area (Å²) in [6.07, 6.45) is 1.86. The number of aryl methyl sites for hydroxylation is 1. The third-order valence-electron chi connectivity index (χ3n) is 5.06. The number of ether oxygens (including phenoxy) is 2. The highest BCUT2D eigenvalue weighted by Gasteiger charge is 2.27. The summed E-state index contributed by atoms with van der Waals surface area (Å²) in [7, 11) is 1.61. The second kappa shape index (κ2) is 11.2. The third kappa shape index (κ3) is 6.21. The fourth-order valence-electron chi connectivity index (χ4n) is 3.31. The normalized spacial score (nSPS) is 16.4. The Bertz CT molecular complexity index is 1250. The van der Waals surface area contributed by atoms with E-state index in [1.807, 2.05) is 67.6 Å². The van der Waals surface area contributed by atoms with Gasteiger partial charge in [0.1, 0.15) is 6.61 Å². The maximum Gasteiger partial charge on any atom is 0.260 e. The third-order valence-corrected chi connectivity index (χ3v) is 7.66. The SMILES string of the molecule is COc1cc(/C=C2\SC(Nc3cc(Cl)ccc3C)NC2=O)cc(I)c1OCc1ccc(Br)cc1.